The van der Waals surface area contributed by atoms with E-state index in [2.05, 4.69) is 96.6 Å². The van der Waals surface area contributed by atoms with Crippen LogP contribution in [0.15, 0.2) is 60.7 Å². The SMILES string of the molecule is CCCCCCCCCP(I)(CCCCCCCCC)(Cc1ccccc1)Cc1ccccc1. The van der Waals surface area contributed by atoms with Crippen LogP contribution in [0.3, 0.4) is 0 Å². The number of unbranched alkanes of at least 4 members (excludes halogenated alkanes) is 12. The van der Waals surface area contributed by atoms with Gasteiger partial charge in [-0.1, -0.05) is 0 Å². The molecule has 2 aromatic rings. The molecule has 0 amide bonds. The zero-order valence-electron chi connectivity index (χ0n) is 22.3. The van der Waals surface area contributed by atoms with E-state index in [4.69, 9.17) is 0 Å². The quantitative estimate of drug-likeness (QED) is 0.0813. The number of hydrogen-bond acceptors (Lipinski definition) is 0. The molecule has 0 radical (unpaired) electrons. The first kappa shape index (κ1) is 29.8. The molecule has 0 spiro atoms. The van der Waals surface area contributed by atoms with E-state index >= 15 is 0 Å². The standard InChI is InChI=1S/C32H52IP/c1-3-5-7-9-11-13-21-27-34(33,29-31-23-17-15-18-24-31,30-32-25-19-16-20-26-32)28-22-14-12-10-8-6-4-2/h15-20,23-26H,3-14,21-22,27-30H2,1-2H3. The Balaban J connectivity index is 2.12. The molecule has 2 heteroatoms. The van der Waals surface area contributed by atoms with Gasteiger partial charge in [0, 0.05) is 0 Å². The van der Waals surface area contributed by atoms with E-state index in [-0.39, 0.29) is 0 Å². The van der Waals surface area contributed by atoms with Crippen LogP contribution in [-0.4, -0.2) is 12.3 Å². The van der Waals surface area contributed by atoms with Crippen molar-refractivity contribution in [2.75, 3.05) is 12.3 Å². The van der Waals surface area contributed by atoms with Gasteiger partial charge in [-0.3, -0.25) is 0 Å². The summed E-state index contributed by atoms with van der Waals surface area (Å²) in [6.45, 7) is 4.63. The van der Waals surface area contributed by atoms with Crippen molar-refractivity contribution >= 4 is 26.3 Å². The Morgan fingerprint density at radius 3 is 1.15 bits per heavy atom. The Hall–Kier alpha value is -0.400. The molecule has 0 saturated heterocycles. The van der Waals surface area contributed by atoms with Gasteiger partial charge >= 0.3 is 226 Å². The molecule has 0 atom stereocenters. The number of rotatable bonds is 20. The Kier molecular flexibility index (Phi) is 15.0. The third-order valence-corrected chi connectivity index (χ3v) is 17.6. The summed E-state index contributed by atoms with van der Waals surface area (Å²) in [6.07, 6.45) is 25.3. The summed E-state index contributed by atoms with van der Waals surface area (Å²) in [4.78, 5) is 0. The Morgan fingerprint density at radius 2 is 0.794 bits per heavy atom. The van der Waals surface area contributed by atoms with Gasteiger partial charge in [-0.2, -0.15) is 0 Å². The average molecular weight is 595 g/mol. The Bertz CT molecular complexity index is 679. The summed E-state index contributed by atoms with van der Waals surface area (Å²) in [5, 5.41) is 0. The summed E-state index contributed by atoms with van der Waals surface area (Å²) < 4.78 is -1.96. The van der Waals surface area contributed by atoms with Gasteiger partial charge in [-0.15, -0.1) is 0 Å². The van der Waals surface area contributed by atoms with Crippen molar-refractivity contribution in [3.63, 3.8) is 0 Å². The van der Waals surface area contributed by atoms with Gasteiger partial charge in [0.2, 0.25) is 0 Å². The fourth-order valence-electron chi connectivity index (χ4n) is 5.49. The molecule has 0 aliphatic heterocycles. The summed E-state index contributed by atoms with van der Waals surface area (Å²) in [5.41, 5.74) is 3.13. The summed E-state index contributed by atoms with van der Waals surface area (Å²) in [6, 6.07) is 22.9. The van der Waals surface area contributed by atoms with Crippen LogP contribution >= 0.6 is 26.3 Å². The van der Waals surface area contributed by atoms with E-state index in [1.54, 1.807) is 11.1 Å². The van der Waals surface area contributed by atoms with Crippen LogP contribution < -0.4 is 0 Å². The fourth-order valence-corrected chi connectivity index (χ4v) is 15.1. The normalized spacial score (nSPS) is 13.0. The Morgan fingerprint density at radius 1 is 0.471 bits per heavy atom. The van der Waals surface area contributed by atoms with Crippen LogP contribution in [0.4, 0.5) is 0 Å². The summed E-state index contributed by atoms with van der Waals surface area (Å²) in [5.74, 6) is 0. The van der Waals surface area contributed by atoms with Crippen molar-refractivity contribution in [2.24, 2.45) is 0 Å². The molecule has 0 saturated carbocycles. The number of hydrogen-bond donors (Lipinski definition) is 0. The second kappa shape index (κ2) is 17.1. The molecule has 0 aliphatic rings. The topological polar surface area (TPSA) is 0 Å². The van der Waals surface area contributed by atoms with Gasteiger partial charge in [0.1, 0.15) is 0 Å². The molecular weight excluding hydrogens is 542 g/mol. The van der Waals surface area contributed by atoms with Crippen molar-refractivity contribution < 1.29 is 0 Å². The van der Waals surface area contributed by atoms with Crippen molar-refractivity contribution in [1.29, 1.82) is 0 Å². The van der Waals surface area contributed by atoms with Crippen LogP contribution in [0.25, 0.3) is 0 Å². The maximum absolute atomic E-state index is 3.09. The third kappa shape index (κ3) is 12.0. The number of benzene rings is 2. The number of halogens is 1. The molecule has 2 rings (SSSR count). The van der Waals surface area contributed by atoms with E-state index in [9.17, 15) is 0 Å². The summed E-state index contributed by atoms with van der Waals surface area (Å²) in [7, 11) is 0. The first-order chi connectivity index (χ1) is 16.6. The minimum absolute atomic E-state index is 1.31. The van der Waals surface area contributed by atoms with Crippen molar-refractivity contribution in [2.45, 2.75) is 116 Å². The van der Waals surface area contributed by atoms with Gasteiger partial charge in [0.05, 0.1) is 0 Å². The predicted molar refractivity (Wildman–Crippen MR) is 167 cm³/mol. The zero-order chi connectivity index (χ0) is 24.4. The molecule has 2 aromatic carbocycles. The minimum atomic E-state index is -1.96. The predicted octanol–water partition coefficient (Wildman–Crippen LogP) is 11.8. The molecule has 0 fully saturated rings. The second-order valence-corrected chi connectivity index (χ2v) is 24.2. The van der Waals surface area contributed by atoms with Crippen LogP contribution in [0, 0.1) is 0 Å². The molecule has 34 heavy (non-hydrogen) atoms. The molecular formula is C32H52IP. The summed E-state index contributed by atoms with van der Waals surface area (Å²) >= 11 is 3.09. The van der Waals surface area contributed by atoms with Gasteiger partial charge < -0.3 is 0 Å². The van der Waals surface area contributed by atoms with Crippen LogP contribution in [0.2, 0.25) is 0 Å². The van der Waals surface area contributed by atoms with Gasteiger partial charge in [-0.05, 0) is 0 Å². The molecule has 0 unspecified atom stereocenters. The van der Waals surface area contributed by atoms with E-state index in [1.165, 1.54) is 115 Å². The fraction of sp³-hybridized carbons (Fsp3) is 0.625. The van der Waals surface area contributed by atoms with Gasteiger partial charge in [0.25, 0.3) is 0 Å². The average Bonchev–Trinajstić information content (AvgIpc) is 2.84. The van der Waals surface area contributed by atoms with Crippen LogP contribution in [0.1, 0.15) is 115 Å². The maximum atomic E-state index is 3.09. The molecule has 0 aromatic heterocycles. The van der Waals surface area contributed by atoms with E-state index < -0.39 is 4.25 Å². The van der Waals surface area contributed by atoms with E-state index in [0.717, 1.165) is 0 Å². The second-order valence-electron chi connectivity index (χ2n) is 10.8. The van der Waals surface area contributed by atoms with Crippen molar-refractivity contribution in [3.8, 4) is 0 Å². The Labute approximate surface area is 225 Å². The molecule has 192 valence electrons. The first-order valence-electron chi connectivity index (χ1n) is 14.4. The third-order valence-electron chi connectivity index (χ3n) is 7.48. The van der Waals surface area contributed by atoms with E-state index in [0.29, 0.717) is 0 Å². The molecule has 0 aliphatic carbocycles. The first-order valence-corrected chi connectivity index (χ1v) is 20.1. The molecule has 0 N–H and O–H groups in total. The molecule has 0 bridgehead atoms. The van der Waals surface area contributed by atoms with Crippen LogP contribution in [0.5, 0.6) is 0 Å². The zero-order valence-corrected chi connectivity index (χ0v) is 25.4. The van der Waals surface area contributed by atoms with Crippen molar-refractivity contribution in [1.82, 2.24) is 0 Å². The molecule has 0 heterocycles. The van der Waals surface area contributed by atoms with E-state index in [1.807, 2.05) is 0 Å². The van der Waals surface area contributed by atoms with Crippen LogP contribution in [-0.2, 0) is 12.3 Å². The van der Waals surface area contributed by atoms with Gasteiger partial charge in [0.15, 0.2) is 0 Å². The van der Waals surface area contributed by atoms with Crippen molar-refractivity contribution in [3.05, 3.63) is 71.8 Å². The molecule has 0 nitrogen and oxygen atoms in total. The van der Waals surface area contributed by atoms with Gasteiger partial charge in [-0.25, -0.2) is 0 Å². The monoisotopic (exact) mass is 594 g/mol.